The summed E-state index contributed by atoms with van der Waals surface area (Å²) in [7, 11) is 5.42. The molecule has 0 aliphatic rings. The van der Waals surface area contributed by atoms with Gasteiger partial charge in [0.25, 0.3) is 5.91 Å². The zero-order valence-electron chi connectivity index (χ0n) is 14.1. The Bertz CT molecular complexity index is 769. The minimum atomic E-state index is -0.687. The van der Waals surface area contributed by atoms with E-state index in [4.69, 9.17) is 27.9 Å². The Morgan fingerprint density at radius 2 is 1.96 bits per heavy atom. The molecule has 0 aromatic heterocycles. The Hall–Kier alpha value is -1.82. The smallest absolute Gasteiger partial charge is 0.252 e. The molecular weight excluding hydrogens is 366 g/mol. The van der Waals surface area contributed by atoms with Gasteiger partial charge in [-0.2, -0.15) is 0 Å². The van der Waals surface area contributed by atoms with Crippen molar-refractivity contribution in [2.45, 2.75) is 6.04 Å². The van der Waals surface area contributed by atoms with Crippen molar-refractivity contribution in [3.63, 3.8) is 0 Å². The fourth-order valence-corrected chi connectivity index (χ4v) is 2.90. The third-order valence-electron chi connectivity index (χ3n) is 3.81. The van der Waals surface area contributed by atoms with E-state index in [2.05, 4.69) is 5.32 Å². The van der Waals surface area contributed by atoms with Crippen LogP contribution in [-0.2, 0) is 0 Å². The van der Waals surface area contributed by atoms with Crippen LogP contribution in [0, 0.1) is 5.82 Å². The Morgan fingerprint density at radius 1 is 1.24 bits per heavy atom. The number of carbonyl (C=O) groups is 1. The molecule has 1 N–H and O–H groups in total. The van der Waals surface area contributed by atoms with Gasteiger partial charge in [0.05, 0.1) is 28.8 Å². The van der Waals surface area contributed by atoms with E-state index in [0.717, 1.165) is 17.4 Å². The topological polar surface area (TPSA) is 41.6 Å². The van der Waals surface area contributed by atoms with Crippen LogP contribution < -0.4 is 10.1 Å². The molecule has 1 amide bonds. The van der Waals surface area contributed by atoms with Crippen LogP contribution in [0.1, 0.15) is 22.0 Å². The van der Waals surface area contributed by atoms with Gasteiger partial charge in [0.1, 0.15) is 11.6 Å². The molecule has 0 radical (unpaired) electrons. The van der Waals surface area contributed by atoms with Gasteiger partial charge in [0.2, 0.25) is 0 Å². The molecule has 0 bridgehead atoms. The molecule has 2 aromatic rings. The lowest BCUT2D eigenvalue weighted by Gasteiger charge is -2.25. The number of hydrogen-bond donors (Lipinski definition) is 1. The second kappa shape index (κ2) is 8.52. The predicted octanol–water partition coefficient (Wildman–Crippen LogP) is 4.17. The van der Waals surface area contributed by atoms with Crippen molar-refractivity contribution in [1.29, 1.82) is 0 Å². The fraction of sp³-hybridized carbons (Fsp3) is 0.278. The van der Waals surface area contributed by atoms with Crippen molar-refractivity contribution in [3.05, 3.63) is 63.4 Å². The molecule has 0 spiro atoms. The summed E-state index contributed by atoms with van der Waals surface area (Å²) in [5.41, 5.74) is 1.03. The molecule has 1 unspecified atom stereocenters. The zero-order chi connectivity index (χ0) is 18.6. The van der Waals surface area contributed by atoms with Crippen LogP contribution in [0.15, 0.2) is 36.4 Å². The molecule has 1 atom stereocenters. The van der Waals surface area contributed by atoms with Crippen LogP contribution in [0.5, 0.6) is 5.75 Å². The second-order valence-corrected chi connectivity index (χ2v) is 6.53. The molecule has 25 heavy (non-hydrogen) atoms. The molecule has 0 aliphatic carbocycles. The van der Waals surface area contributed by atoms with E-state index >= 15 is 0 Å². The second-order valence-electron chi connectivity index (χ2n) is 5.71. The minimum absolute atomic E-state index is 0.0479. The quantitative estimate of drug-likeness (QED) is 0.759. The van der Waals surface area contributed by atoms with E-state index in [9.17, 15) is 9.18 Å². The number of nitrogens with zero attached hydrogens (tertiary/aromatic N) is 1. The zero-order valence-corrected chi connectivity index (χ0v) is 15.7. The van der Waals surface area contributed by atoms with Crippen molar-refractivity contribution in [1.82, 2.24) is 10.2 Å². The summed E-state index contributed by atoms with van der Waals surface area (Å²) >= 11 is 11.7. The maximum absolute atomic E-state index is 13.6. The number of rotatable bonds is 6. The third kappa shape index (κ3) is 4.84. The van der Waals surface area contributed by atoms with E-state index in [1.165, 1.54) is 6.07 Å². The van der Waals surface area contributed by atoms with Crippen LogP contribution in [0.3, 0.4) is 0 Å². The summed E-state index contributed by atoms with van der Waals surface area (Å²) in [6.45, 7) is 0.319. The molecule has 0 saturated carbocycles. The lowest BCUT2D eigenvalue weighted by molar-refractivity contribution is 0.0941. The van der Waals surface area contributed by atoms with Crippen LogP contribution >= 0.6 is 23.2 Å². The van der Waals surface area contributed by atoms with Gasteiger partial charge in [-0.25, -0.2) is 4.39 Å². The van der Waals surface area contributed by atoms with Crippen LogP contribution in [-0.4, -0.2) is 38.6 Å². The maximum Gasteiger partial charge on any atom is 0.252 e. The molecule has 0 fully saturated rings. The Kier molecular flexibility index (Phi) is 6.64. The highest BCUT2D eigenvalue weighted by Gasteiger charge is 2.19. The number of halogens is 3. The largest absolute Gasteiger partial charge is 0.497 e. The standard InChI is InChI=1S/C18H19Cl2FN2O2/c1-23(2)17(11-5-4-6-12(7-11)25-3)10-22-18(24)13-8-16(21)15(20)9-14(13)19/h4-9,17H,10H2,1-3H3,(H,22,24). The SMILES string of the molecule is COc1cccc(C(CNC(=O)c2cc(F)c(Cl)cc2Cl)N(C)C)c1. The molecule has 2 aromatic carbocycles. The summed E-state index contributed by atoms with van der Waals surface area (Å²) in [4.78, 5) is 14.3. The van der Waals surface area contributed by atoms with Gasteiger partial charge in [-0.05, 0) is 43.9 Å². The minimum Gasteiger partial charge on any atom is -0.497 e. The van der Waals surface area contributed by atoms with Gasteiger partial charge in [-0.15, -0.1) is 0 Å². The molecular formula is C18H19Cl2FN2O2. The van der Waals surface area contributed by atoms with Crippen LogP contribution in [0.2, 0.25) is 10.0 Å². The highest BCUT2D eigenvalue weighted by atomic mass is 35.5. The average Bonchev–Trinajstić information content (AvgIpc) is 2.58. The highest BCUT2D eigenvalue weighted by Crippen LogP contribution is 2.25. The summed E-state index contributed by atoms with van der Waals surface area (Å²) < 4.78 is 18.8. The number of benzene rings is 2. The van der Waals surface area contributed by atoms with Crippen molar-refractivity contribution >= 4 is 29.1 Å². The van der Waals surface area contributed by atoms with Gasteiger partial charge in [-0.3, -0.25) is 4.79 Å². The Balaban J connectivity index is 2.16. The van der Waals surface area contributed by atoms with Gasteiger partial charge in [-0.1, -0.05) is 35.3 Å². The van der Waals surface area contributed by atoms with Gasteiger partial charge in [0.15, 0.2) is 0 Å². The monoisotopic (exact) mass is 384 g/mol. The van der Waals surface area contributed by atoms with Crippen molar-refractivity contribution in [2.75, 3.05) is 27.7 Å². The van der Waals surface area contributed by atoms with Crippen LogP contribution in [0.25, 0.3) is 0 Å². The number of hydrogen-bond acceptors (Lipinski definition) is 3. The summed E-state index contributed by atoms with van der Waals surface area (Å²) in [5.74, 6) is -0.415. The summed E-state index contributed by atoms with van der Waals surface area (Å²) in [5, 5.41) is 2.77. The molecule has 134 valence electrons. The Labute approximate surface area is 156 Å². The van der Waals surface area contributed by atoms with Gasteiger partial charge < -0.3 is 15.0 Å². The Morgan fingerprint density at radius 3 is 2.60 bits per heavy atom. The first-order chi connectivity index (χ1) is 11.8. The lowest BCUT2D eigenvalue weighted by atomic mass is 10.1. The number of ether oxygens (including phenoxy) is 1. The van der Waals surface area contributed by atoms with Crippen LogP contribution in [0.4, 0.5) is 4.39 Å². The van der Waals surface area contributed by atoms with Crippen molar-refractivity contribution < 1.29 is 13.9 Å². The van der Waals surface area contributed by atoms with E-state index in [-0.39, 0.29) is 21.7 Å². The lowest BCUT2D eigenvalue weighted by Crippen LogP contribution is -2.34. The molecule has 0 aliphatic heterocycles. The summed E-state index contributed by atoms with van der Waals surface area (Å²) in [6, 6.07) is 9.77. The summed E-state index contributed by atoms with van der Waals surface area (Å²) in [6.07, 6.45) is 0. The molecule has 2 rings (SSSR count). The van der Waals surface area contributed by atoms with Crippen molar-refractivity contribution in [3.8, 4) is 5.75 Å². The highest BCUT2D eigenvalue weighted by molar-refractivity contribution is 6.36. The first-order valence-electron chi connectivity index (χ1n) is 7.56. The number of amides is 1. The molecule has 4 nitrogen and oxygen atoms in total. The third-order valence-corrected chi connectivity index (χ3v) is 4.41. The van der Waals surface area contributed by atoms with Gasteiger partial charge in [0, 0.05) is 6.54 Å². The van der Waals surface area contributed by atoms with E-state index < -0.39 is 11.7 Å². The van der Waals surface area contributed by atoms with Gasteiger partial charge >= 0.3 is 0 Å². The maximum atomic E-state index is 13.6. The number of carbonyl (C=O) groups excluding carboxylic acids is 1. The predicted molar refractivity (Wildman–Crippen MR) is 98.2 cm³/mol. The molecule has 7 heteroatoms. The van der Waals surface area contributed by atoms with Crippen molar-refractivity contribution in [2.24, 2.45) is 0 Å². The van der Waals surface area contributed by atoms with E-state index in [0.29, 0.717) is 6.54 Å². The van der Waals surface area contributed by atoms with E-state index in [1.807, 2.05) is 43.3 Å². The average molecular weight is 385 g/mol. The molecule has 0 saturated heterocycles. The fourth-order valence-electron chi connectivity index (χ4n) is 2.43. The number of nitrogens with one attached hydrogen (secondary N) is 1. The number of likely N-dealkylation sites (N-methyl/N-ethyl adjacent to an activating group) is 1. The first-order valence-corrected chi connectivity index (χ1v) is 8.32. The normalized spacial score (nSPS) is 12.1. The number of methoxy groups -OCH3 is 1. The first kappa shape index (κ1) is 19.5. The molecule has 0 heterocycles. The van der Waals surface area contributed by atoms with E-state index in [1.54, 1.807) is 7.11 Å².